The number of hydrogen-bond acceptors (Lipinski definition) is 0. The molecule has 0 heteroatoms. The molecule has 0 heterocycles. The summed E-state index contributed by atoms with van der Waals surface area (Å²) in [6, 6.07) is 0. The summed E-state index contributed by atoms with van der Waals surface area (Å²) >= 11 is 0. The zero-order valence-electron chi connectivity index (χ0n) is 13.2. The van der Waals surface area contributed by atoms with Gasteiger partial charge in [0.2, 0.25) is 0 Å². The van der Waals surface area contributed by atoms with E-state index in [1.165, 1.54) is 6.42 Å². The predicted octanol–water partition coefficient (Wildman–Crippen LogP) is 5.86. The third-order valence-corrected chi connectivity index (χ3v) is 2.43. The van der Waals surface area contributed by atoms with Crippen LogP contribution < -0.4 is 0 Å². The fourth-order valence-corrected chi connectivity index (χ4v) is 0.508. The lowest BCUT2D eigenvalue weighted by Gasteiger charge is -1.66. The van der Waals surface area contributed by atoms with E-state index in [-0.39, 0.29) is 0 Å². The lowest BCUT2D eigenvalue weighted by atomic mass is 10.4. The second kappa shape index (κ2) is 20.5. The Hall–Kier alpha value is -0.960. The van der Waals surface area contributed by atoms with Crippen molar-refractivity contribution in [2.45, 2.75) is 61.8 Å². The lowest BCUT2D eigenvalue weighted by molar-refractivity contribution is 0.834. The molecular formula is C17H32. The van der Waals surface area contributed by atoms with Crippen LogP contribution in [0.4, 0.5) is 0 Å². The molecule has 2 atom stereocenters. The standard InChI is InChI=1S/C5H10.2C4H8.C4H6/c1-4-3-5(4)2;3*1-3-4-2/h4-5H,3H2,1-2H3;2*3-4H,1-2H3;1-2H3/b;4-3+;4-3-;/t4-,5?;;;/m1.../s1. The topological polar surface area (TPSA) is 0 Å². The first-order valence-electron chi connectivity index (χ1n) is 6.53. The van der Waals surface area contributed by atoms with Crippen molar-refractivity contribution in [1.82, 2.24) is 0 Å². The van der Waals surface area contributed by atoms with Gasteiger partial charge in [0.15, 0.2) is 0 Å². The van der Waals surface area contributed by atoms with E-state index in [0.717, 1.165) is 11.8 Å². The minimum absolute atomic E-state index is 1.05. The van der Waals surface area contributed by atoms with Crippen LogP contribution in [0.15, 0.2) is 24.3 Å². The highest BCUT2D eigenvalue weighted by Crippen LogP contribution is 2.36. The summed E-state index contributed by atoms with van der Waals surface area (Å²) in [5.74, 6) is 7.46. The maximum Gasteiger partial charge on any atom is -0.00271 e. The molecule has 17 heavy (non-hydrogen) atoms. The Bertz CT molecular complexity index is 192. The van der Waals surface area contributed by atoms with Gasteiger partial charge in [-0.2, -0.15) is 0 Å². The van der Waals surface area contributed by atoms with Crippen molar-refractivity contribution in [3.8, 4) is 11.8 Å². The van der Waals surface area contributed by atoms with Crippen LogP contribution >= 0.6 is 0 Å². The summed E-state index contributed by atoms with van der Waals surface area (Å²) < 4.78 is 0. The van der Waals surface area contributed by atoms with Gasteiger partial charge in [-0.15, -0.1) is 11.8 Å². The van der Waals surface area contributed by atoms with Crippen LogP contribution in [0.3, 0.4) is 0 Å². The van der Waals surface area contributed by atoms with Crippen molar-refractivity contribution in [3.05, 3.63) is 24.3 Å². The molecule has 1 saturated carbocycles. The van der Waals surface area contributed by atoms with Crippen LogP contribution in [0.1, 0.15) is 61.8 Å². The highest BCUT2D eigenvalue weighted by atomic mass is 14.3. The Kier molecular flexibility index (Phi) is 25.7. The SMILES string of the molecule is C/C=C/C.C/C=C\C.CC#CC.CC1C[C@H]1C. The molecule has 0 aromatic carbocycles. The smallest absolute Gasteiger partial charge is 0.00271 e. The Morgan fingerprint density at radius 3 is 0.882 bits per heavy atom. The quantitative estimate of drug-likeness (QED) is 0.365. The predicted molar refractivity (Wildman–Crippen MR) is 83.0 cm³/mol. The summed E-state index contributed by atoms with van der Waals surface area (Å²) in [6.07, 6.45) is 9.47. The monoisotopic (exact) mass is 236 g/mol. The van der Waals surface area contributed by atoms with Gasteiger partial charge in [-0.1, -0.05) is 38.2 Å². The van der Waals surface area contributed by atoms with E-state index in [0.29, 0.717) is 0 Å². The molecule has 100 valence electrons. The van der Waals surface area contributed by atoms with Crippen LogP contribution in [0.2, 0.25) is 0 Å². The second-order valence-corrected chi connectivity index (χ2v) is 4.02. The van der Waals surface area contributed by atoms with E-state index in [1.807, 2.05) is 65.8 Å². The molecule has 0 N–H and O–H groups in total. The van der Waals surface area contributed by atoms with Crippen LogP contribution in [-0.2, 0) is 0 Å². The van der Waals surface area contributed by atoms with Crippen LogP contribution in [-0.4, -0.2) is 0 Å². The molecule has 0 aromatic heterocycles. The fourth-order valence-electron chi connectivity index (χ4n) is 0.508. The van der Waals surface area contributed by atoms with Gasteiger partial charge in [-0.25, -0.2) is 0 Å². The highest BCUT2D eigenvalue weighted by molar-refractivity contribution is 4.89. The summed E-state index contributed by atoms with van der Waals surface area (Å²) in [6.45, 7) is 16.2. The van der Waals surface area contributed by atoms with Crippen molar-refractivity contribution in [1.29, 1.82) is 0 Å². The summed E-state index contributed by atoms with van der Waals surface area (Å²) in [5, 5.41) is 0. The van der Waals surface area contributed by atoms with E-state index in [4.69, 9.17) is 0 Å². The molecule has 0 aliphatic heterocycles. The summed E-state index contributed by atoms with van der Waals surface area (Å²) in [4.78, 5) is 0. The van der Waals surface area contributed by atoms with Crippen LogP contribution in [0.5, 0.6) is 0 Å². The molecule has 0 aromatic rings. The van der Waals surface area contributed by atoms with E-state index in [1.54, 1.807) is 0 Å². The second-order valence-electron chi connectivity index (χ2n) is 4.02. The molecule has 0 radical (unpaired) electrons. The van der Waals surface area contributed by atoms with Crippen molar-refractivity contribution in [2.75, 3.05) is 0 Å². The molecule has 0 amide bonds. The zero-order valence-corrected chi connectivity index (χ0v) is 13.2. The van der Waals surface area contributed by atoms with Crippen LogP contribution in [0, 0.1) is 23.7 Å². The molecule has 1 aliphatic rings. The van der Waals surface area contributed by atoms with Crippen LogP contribution in [0.25, 0.3) is 0 Å². The van der Waals surface area contributed by atoms with Gasteiger partial charge in [0.25, 0.3) is 0 Å². The Morgan fingerprint density at radius 1 is 0.706 bits per heavy atom. The van der Waals surface area contributed by atoms with Gasteiger partial charge in [0.05, 0.1) is 0 Å². The summed E-state index contributed by atoms with van der Waals surface area (Å²) in [5.41, 5.74) is 0. The van der Waals surface area contributed by atoms with Gasteiger partial charge in [0.1, 0.15) is 0 Å². The molecule has 0 spiro atoms. The number of allylic oxidation sites excluding steroid dienone is 4. The van der Waals surface area contributed by atoms with Crippen molar-refractivity contribution >= 4 is 0 Å². The third kappa shape index (κ3) is 39.6. The van der Waals surface area contributed by atoms with Gasteiger partial charge < -0.3 is 0 Å². The summed E-state index contributed by atoms with van der Waals surface area (Å²) in [7, 11) is 0. The normalized spacial score (nSPS) is 19.8. The van der Waals surface area contributed by atoms with Gasteiger partial charge in [0, 0.05) is 0 Å². The number of hydrogen-bond donors (Lipinski definition) is 0. The molecule has 1 rings (SSSR count). The van der Waals surface area contributed by atoms with Crippen molar-refractivity contribution < 1.29 is 0 Å². The van der Waals surface area contributed by atoms with Crippen molar-refractivity contribution in [2.24, 2.45) is 11.8 Å². The van der Waals surface area contributed by atoms with E-state index >= 15 is 0 Å². The first-order valence-corrected chi connectivity index (χ1v) is 6.53. The molecule has 1 fully saturated rings. The molecule has 0 saturated heterocycles. The molecular weight excluding hydrogens is 204 g/mol. The minimum atomic E-state index is 1.05. The van der Waals surface area contributed by atoms with E-state index in [2.05, 4.69) is 25.7 Å². The lowest BCUT2D eigenvalue weighted by Crippen LogP contribution is -1.58. The van der Waals surface area contributed by atoms with Gasteiger partial charge >= 0.3 is 0 Å². The largest absolute Gasteiger partial charge is 0.107 e. The van der Waals surface area contributed by atoms with Crippen molar-refractivity contribution in [3.63, 3.8) is 0 Å². The fraction of sp³-hybridized carbons (Fsp3) is 0.647. The third-order valence-electron chi connectivity index (χ3n) is 2.43. The maximum absolute atomic E-state index is 2.68. The molecule has 1 aliphatic carbocycles. The Labute approximate surface area is 110 Å². The zero-order chi connectivity index (χ0) is 14.1. The first-order chi connectivity index (χ1) is 8.05. The average Bonchev–Trinajstić information content (AvgIpc) is 3.03. The molecule has 0 nitrogen and oxygen atoms in total. The van der Waals surface area contributed by atoms with E-state index < -0.39 is 0 Å². The maximum atomic E-state index is 2.68. The van der Waals surface area contributed by atoms with E-state index in [9.17, 15) is 0 Å². The molecule has 0 bridgehead atoms. The highest BCUT2D eigenvalue weighted by Gasteiger charge is 2.26. The van der Waals surface area contributed by atoms with Gasteiger partial charge in [-0.3, -0.25) is 0 Å². The average molecular weight is 236 g/mol. The first kappa shape index (κ1) is 21.3. The minimum Gasteiger partial charge on any atom is -0.107 e. The number of rotatable bonds is 0. The molecule has 1 unspecified atom stereocenters. The Morgan fingerprint density at radius 2 is 0.882 bits per heavy atom. The Balaban J connectivity index is -0.000000155. The van der Waals surface area contributed by atoms with Gasteiger partial charge in [-0.05, 0) is 59.8 Å².